The first kappa shape index (κ1) is 16.5. The monoisotopic (exact) mass is 325 g/mol. The fraction of sp³-hybridized carbons (Fsp3) is 0.286. The van der Waals surface area contributed by atoms with E-state index >= 15 is 0 Å². The maximum atomic E-state index is 12.4. The molecule has 1 aromatic carbocycles. The van der Waals surface area contributed by atoms with Gasteiger partial charge in [0.2, 0.25) is 5.82 Å². The number of alkyl halides is 2. The molecule has 0 radical (unpaired) electrons. The molecular weight excluding hydrogens is 312 g/mol. The van der Waals surface area contributed by atoms with Gasteiger partial charge in [-0.3, -0.25) is 9.59 Å². The van der Waals surface area contributed by atoms with Gasteiger partial charge in [-0.05, 0) is 18.6 Å². The van der Waals surface area contributed by atoms with Gasteiger partial charge in [0, 0.05) is 24.1 Å². The minimum absolute atomic E-state index is 0.00807. The lowest BCUT2D eigenvalue weighted by atomic mass is 10.1. The van der Waals surface area contributed by atoms with E-state index in [1.54, 1.807) is 0 Å². The maximum absolute atomic E-state index is 12.4. The van der Waals surface area contributed by atoms with Crippen LogP contribution in [0.3, 0.4) is 0 Å². The van der Waals surface area contributed by atoms with E-state index in [1.165, 1.54) is 24.3 Å². The second-order valence-corrected chi connectivity index (χ2v) is 4.59. The number of aliphatic carboxylic acids is 1. The highest BCUT2D eigenvalue weighted by molar-refractivity contribution is 5.94. The lowest BCUT2D eigenvalue weighted by Gasteiger charge is -2.04. The fourth-order valence-corrected chi connectivity index (χ4v) is 1.76. The number of aromatic nitrogens is 2. The molecule has 0 unspecified atom stereocenters. The lowest BCUT2D eigenvalue weighted by Crippen LogP contribution is -2.24. The Labute approximate surface area is 129 Å². The summed E-state index contributed by atoms with van der Waals surface area (Å²) in [6.45, 7) is 0.246. The van der Waals surface area contributed by atoms with Crippen LogP contribution < -0.4 is 5.32 Å². The zero-order valence-electron chi connectivity index (χ0n) is 11.8. The quantitative estimate of drug-likeness (QED) is 0.757. The number of carboxylic acid groups (broad SMARTS) is 1. The van der Waals surface area contributed by atoms with Crippen molar-refractivity contribution >= 4 is 11.9 Å². The number of carboxylic acids is 1. The van der Waals surface area contributed by atoms with Gasteiger partial charge in [0.05, 0.1) is 0 Å². The van der Waals surface area contributed by atoms with Crippen LogP contribution >= 0.6 is 0 Å². The molecule has 122 valence electrons. The number of hydrogen-bond acceptors (Lipinski definition) is 5. The SMILES string of the molecule is O=C(O)CCCNC(=O)c1ccc(-c2noc(C(F)F)n2)cc1. The molecule has 7 nitrogen and oxygen atoms in total. The standard InChI is InChI=1S/C14H13F2N3O4/c15-11(16)14-18-12(19-23-14)8-3-5-9(6-4-8)13(22)17-7-1-2-10(20)21/h3-6,11H,1-2,7H2,(H,17,22)(H,20,21). The second kappa shape index (κ2) is 7.43. The normalized spacial score (nSPS) is 10.7. The van der Waals surface area contributed by atoms with Crippen LogP contribution in [0.2, 0.25) is 0 Å². The van der Waals surface area contributed by atoms with Crippen LogP contribution in [0.1, 0.15) is 35.5 Å². The smallest absolute Gasteiger partial charge is 0.315 e. The zero-order valence-corrected chi connectivity index (χ0v) is 11.8. The van der Waals surface area contributed by atoms with Crippen molar-refractivity contribution in [2.24, 2.45) is 0 Å². The van der Waals surface area contributed by atoms with Crippen molar-refractivity contribution in [3.05, 3.63) is 35.7 Å². The molecule has 0 aliphatic heterocycles. The van der Waals surface area contributed by atoms with Crippen molar-refractivity contribution < 1.29 is 28.0 Å². The molecule has 1 amide bonds. The first-order valence-electron chi connectivity index (χ1n) is 6.69. The molecule has 0 saturated heterocycles. The van der Waals surface area contributed by atoms with E-state index in [0.29, 0.717) is 17.5 Å². The molecule has 2 aromatic rings. The third-order valence-corrected chi connectivity index (χ3v) is 2.89. The number of rotatable bonds is 7. The fourth-order valence-electron chi connectivity index (χ4n) is 1.76. The number of benzene rings is 1. The maximum Gasteiger partial charge on any atom is 0.315 e. The predicted octanol–water partition coefficient (Wildman–Crippen LogP) is 2.27. The third kappa shape index (κ3) is 4.56. The van der Waals surface area contributed by atoms with E-state index in [1.807, 2.05) is 0 Å². The molecule has 2 rings (SSSR count). The van der Waals surface area contributed by atoms with E-state index < -0.39 is 18.3 Å². The molecule has 0 bridgehead atoms. The molecule has 23 heavy (non-hydrogen) atoms. The molecule has 1 heterocycles. The summed E-state index contributed by atoms with van der Waals surface area (Å²) in [5.74, 6) is -2.04. The van der Waals surface area contributed by atoms with E-state index in [9.17, 15) is 18.4 Å². The van der Waals surface area contributed by atoms with Gasteiger partial charge in [-0.15, -0.1) is 0 Å². The average molecular weight is 325 g/mol. The van der Waals surface area contributed by atoms with Crippen LogP contribution in [-0.4, -0.2) is 33.7 Å². The van der Waals surface area contributed by atoms with Crippen LogP contribution in [0.25, 0.3) is 11.4 Å². The molecule has 9 heteroatoms. The molecule has 0 saturated carbocycles. The van der Waals surface area contributed by atoms with Gasteiger partial charge in [0.1, 0.15) is 0 Å². The Balaban J connectivity index is 1.95. The highest BCUT2D eigenvalue weighted by Gasteiger charge is 2.17. The summed E-state index contributed by atoms with van der Waals surface area (Å²) in [7, 11) is 0. The number of halogens is 2. The van der Waals surface area contributed by atoms with Gasteiger partial charge in [-0.1, -0.05) is 17.3 Å². The van der Waals surface area contributed by atoms with Gasteiger partial charge in [-0.2, -0.15) is 13.8 Å². The highest BCUT2D eigenvalue weighted by Crippen LogP contribution is 2.21. The Morgan fingerprint density at radius 1 is 1.26 bits per heavy atom. The van der Waals surface area contributed by atoms with E-state index in [0.717, 1.165) is 0 Å². The molecule has 2 N–H and O–H groups in total. The van der Waals surface area contributed by atoms with Gasteiger partial charge in [0.25, 0.3) is 11.8 Å². The van der Waals surface area contributed by atoms with Crippen molar-refractivity contribution in [2.45, 2.75) is 19.3 Å². The van der Waals surface area contributed by atoms with Gasteiger partial charge < -0.3 is 14.9 Å². The number of carbonyl (C=O) groups excluding carboxylic acids is 1. The predicted molar refractivity (Wildman–Crippen MR) is 73.9 cm³/mol. The third-order valence-electron chi connectivity index (χ3n) is 2.89. The summed E-state index contributed by atoms with van der Waals surface area (Å²) < 4.78 is 29.2. The summed E-state index contributed by atoms with van der Waals surface area (Å²) in [4.78, 5) is 25.7. The Morgan fingerprint density at radius 2 is 1.96 bits per heavy atom. The van der Waals surface area contributed by atoms with Crippen molar-refractivity contribution in [1.29, 1.82) is 0 Å². The number of nitrogens with one attached hydrogen (secondary N) is 1. The summed E-state index contributed by atoms with van der Waals surface area (Å²) in [6, 6.07) is 5.99. The summed E-state index contributed by atoms with van der Waals surface area (Å²) in [5.41, 5.74) is 0.782. The minimum Gasteiger partial charge on any atom is -0.481 e. The van der Waals surface area contributed by atoms with Crippen LogP contribution in [-0.2, 0) is 4.79 Å². The first-order valence-corrected chi connectivity index (χ1v) is 6.69. The van der Waals surface area contributed by atoms with Crippen molar-refractivity contribution in [3.8, 4) is 11.4 Å². The number of amides is 1. The Kier molecular flexibility index (Phi) is 5.34. The molecule has 0 aliphatic rings. The van der Waals surface area contributed by atoms with Crippen LogP contribution in [0.5, 0.6) is 0 Å². The van der Waals surface area contributed by atoms with E-state index in [-0.39, 0.29) is 24.7 Å². The largest absolute Gasteiger partial charge is 0.481 e. The van der Waals surface area contributed by atoms with E-state index in [4.69, 9.17) is 5.11 Å². The average Bonchev–Trinajstić information content (AvgIpc) is 3.01. The molecule has 0 aliphatic carbocycles. The Hall–Kier alpha value is -2.84. The molecule has 0 atom stereocenters. The topological polar surface area (TPSA) is 105 Å². The summed E-state index contributed by atoms with van der Waals surface area (Å²) >= 11 is 0. The number of carbonyl (C=O) groups is 2. The second-order valence-electron chi connectivity index (χ2n) is 4.59. The van der Waals surface area contributed by atoms with Crippen LogP contribution in [0, 0.1) is 0 Å². The number of nitrogens with zero attached hydrogens (tertiary/aromatic N) is 2. The highest BCUT2D eigenvalue weighted by atomic mass is 19.3. The molecular formula is C14H13F2N3O4. The van der Waals surface area contributed by atoms with Crippen LogP contribution in [0.4, 0.5) is 8.78 Å². The Bertz CT molecular complexity index is 686. The lowest BCUT2D eigenvalue weighted by molar-refractivity contribution is -0.137. The first-order chi connectivity index (χ1) is 11.0. The van der Waals surface area contributed by atoms with Gasteiger partial charge >= 0.3 is 12.4 Å². The van der Waals surface area contributed by atoms with Crippen molar-refractivity contribution in [2.75, 3.05) is 6.54 Å². The summed E-state index contributed by atoms with van der Waals surface area (Å²) in [6.07, 6.45) is -2.53. The van der Waals surface area contributed by atoms with E-state index in [2.05, 4.69) is 20.0 Å². The molecule has 1 aromatic heterocycles. The zero-order chi connectivity index (χ0) is 16.8. The van der Waals surface area contributed by atoms with Crippen molar-refractivity contribution in [1.82, 2.24) is 15.5 Å². The van der Waals surface area contributed by atoms with Gasteiger partial charge in [0.15, 0.2) is 0 Å². The number of hydrogen-bond donors (Lipinski definition) is 2. The minimum atomic E-state index is -2.84. The Morgan fingerprint density at radius 3 is 2.52 bits per heavy atom. The molecule has 0 fully saturated rings. The molecule has 0 spiro atoms. The van der Waals surface area contributed by atoms with Crippen molar-refractivity contribution in [3.63, 3.8) is 0 Å². The van der Waals surface area contributed by atoms with Crippen LogP contribution in [0.15, 0.2) is 28.8 Å². The van der Waals surface area contributed by atoms with Gasteiger partial charge in [-0.25, -0.2) is 0 Å². The summed E-state index contributed by atoms with van der Waals surface area (Å²) in [5, 5.41) is 14.5.